The number of carbonyl (C=O) groups excluding carboxylic acids is 1. The summed E-state index contributed by atoms with van der Waals surface area (Å²) in [6.07, 6.45) is 0. The first-order chi connectivity index (χ1) is 10.5. The molecule has 2 rings (SSSR count). The van der Waals surface area contributed by atoms with E-state index in [0.29, 0.717) is 44.0 Å². The molecule has 1 aliphatic rings. The van der Waals surface area contributed by atoms with Crippen LogP contribution in [0.1, 0.15) is 5.56 Å². The maximum atomic E-state index is 11.4. The van der Waals surface area contributed by atoms with Gasteiger partial charge in [0.15, 0.2) is 0 Å². The first kappa shape index (κ1) is 15.7. The highest BCUT2D eigenvalue weighted by Crippen LogP contribution is 2.29. The lowest BCUT2D eigenvalue weighted by atomic mass is 10.1. The molecule has 1 aromatic carbocycles. The molecule has 1 heterocycles. The van der Waals surface area contributed by atoms with Crippen molar-refractivity contribution in [2.45, 2.75) is 0 Å². The van der Waals surface area contributed by atoms with Gasteiger partial charge in [0.2, 0.25) is 5.91 Å². The maximum absolute atomic E-state index is 11.4. The van der Waals surface area contributed by atoms with Crippen LogP contribution in [0, 0.1) is 21.4 Å². The van der Waals surface area contributed by atoms with Crippen molar-refractivity contribution in [3.63, 3.8) is 0 Å². The van der Waals surface area contributed by atoms with Crippen LogP contribution in [0.5, 0.6) is 0 Å². The summed E-state index contributed by atoms with van der Waals surface area (Å²) in [5.41, 5.74) is 0.857. The number of nitro benzene ring substituents is 1. The number of nitrogens with one attached hydrogen (secondary N) is 1. The fourth-order valence-corrected chi connectivity index (χ4v) is 2.43. The molecule has 0 aliphatic carbocycles. The molecular weight excluding hydrogens is 286 g/mol. The van der Waals surface area contributed by atoms with Crippen LogP contribution in [-0.4, -0.2) is 55.5 Å². The van der Waals surface area contributed by atoms with Crippen molar-refractivity contribution >= 4 is 17.3 Å². The van der Waals surface area contributed by atoms with Gasteiger partial charge in [0.05, 0.1) is 23.1 Å². The molecule has 1 aromatic rings. The molecule has 0 spiro atoms. The quantitative estimate of drug-likeness (QED) is 0.635. The Bertz CT molecular complexity index is 617. The normalized spacial score (nSPS) is 15.2. The Balaban J connectivity index is 2.12. The van der Waals surface area contributed by atoms with Crippen LogP contribution < -0.4 is 10.2 Å². The van der Waals surface area contributed by atoms with Crippen molar-refractivity contribution in [1.29, 1.82) is 5.26 Å². The number of rotatable bonds is 4. The summed E-state index contributed by atoms with van der Waals surface area (Å²) in [6.45, 7) is 2.76. The van der Waals surface area contributed by atoms with Gasteiger partial charge in [-0.15, -0.1) is 0 Å². The van der Waals surface area contributed by atoms with Crippen LogP contribution in [0.25, 0.3) is 0 Å². The molecule has 1 N–H and O–H groups in total. The minimum absolute atomic E-state index is 0.00116. The summed E-state index contributed by atoms with van der Waals surface area (Å²) in [5, 5.41) is 22.7. The fourth-order valence-electron chi connectivity index (χ4n) is 2.43. The highest BCUT2D eigenvalue weighted by atomic mass is 16.6. The van der Waals surface area contributed by atoms with E-state index in [1.165, 1.54) is 12.1 Å². The molecule has 8 heteroatoms. The van der Waals surface area contributed by atoms with Crippen molar-refractivity contribution in [1.82, 2.24) is 10.2 Å². The molecule has 116 valence electrons. The summed E-state index contributed by atoms with van der Waals surface area (Å²) in [4.78, 5) is 26.0. The number of carbonyl (C=O) groups is 1. The van der Waals surface area contributed by atoms with Crippen LogP contribution in [0.4, 0.5) is 11.4 Å². The molecule has 0 atom stereocenters. The Morgan fingerprint density at radius 2 is 2.09 bits per heavy atom. The van der Waals surface area contributed by atoms with E-state index in [2.05, 4.69) is 5.32 Å². The first-order valence-corrected chi connectivity index (χ1v) is 6.91. The summed E-state index contributed by atoms with van der Waals surface area (Å²) in [5.74, 6) is -0.0501. The number of nitriles is 1. The molecule has 0 saturated carbocycles. The summed E-state index contributed by atoms with van der Waals surface area (Å²) in [6, 6.07) is 6.36. The largest absolute Gasteiger partial charge is 0.363 e. The number of benzene rings is 1. The second-order valence-corrected chi connectivity index (χ2v) is 5.01. The van der Waals surface area contributed by atoms with Gasteiger partial charge in [0, 0.05) is 39.3 Å². The molecule has 8 nitrogen and oxygen atoms in total. The van der Waals surface area contributed by atoms with E-state index in [-0.39, 0.29) is 11.6 Å². The first-order valence-electron chi connectivity index (χ1n) is 6.91. The zero-order valence-electron chi connectivity index (χ0n) is 12.3. The molecule has 0 radical (unpaired) electrons. The number of nitrogens with zero attached hydrogens (tertiary/aromatic N) is 4. The standard InChI is InChI=1S/C14H17N5O3/c1-16-14(20)10-17-4-6-18(7-5-17)13-8-11(9-15)2-3-12(13)19(21)22/h2-3,8H,4-7,10H2,1H3,(H,16,20). The van der Waals surface area contributed by atoms with E-state index in [9.17, 15) is 14.9 Å². The van der Waals surface area contributed by atoms with Crippen LogP contribution >= 0.6 is 0 Å². The van der Waals surface area contributed by atoms with E-state index >= 15 is 0 Å². The van der Waals surface area contributed by atoms with Crippen LogP contribution in [0.2, 0.25) is 0 Å². The summed E-state index contributed by atoms with van der Waals surface area (Å²) in [7, 11) is 1.59. The number of amides is 1. The third-order valence-electron chi connectivity index (χ3n) is 3.66. The van der Waals surface area contributed by atoms with E-state index in [1.807, 2.05) is 15.9 Å². The number of likely N-dealkylation sites (N-methyl/N-ethyl adjacent to an activating group) is 1. The van der Waals surface area contributed by atoms with Crippen LogP contribution in [-0.2, 0) is 4.79 Å². The zero-order valence-corrected chi connectivity index (χ0v) is 12.3. The van der Waals surface area contributed by atoms with Crippen molar-refractivity contribution in [2.75, 3.05) is 44.7 Å². The lowest BCUT2D eigenvalue weighted by molar-refractivity contribution is -0.384. The molecule has 0 aromatic heterocycles. The third kappa shape index (κ3) is 3.51. The predicted molar refractivity (Wildman–Crippen MR) is 80.5 cm³/mol. The second kappa shape index (κ2) is 6.87. The minimum Gasteiger partial charge on any atom is -0.363 e. The van der Waals surface area contributed by atoms with Crippen molar-refractivity contribution in [2.24, 2.45) is 0 Å². The zero-order chi connectivity index (χ0) is 16.1. The monoisotopic (exact) mass is 303 g/mol. The number of piperazine rings is 1. The molecule has 1 fully saturated rings. The van der Waals surface area contributed by atoms with Crippen molar-refractivity contribution < 1.29 is 9.72 Å². The average molecular weight is 303 g/mol. The van der Waals surface area contributed by atoms with E-state index in [1.54, 1.807) is 13.1 Å². The Labute approximate surface area is 128 Å². The lowest BCUT2D eigenvalue weighted by Crippen LogP contribution is -2.49. The van der Waals surface area contributed by atoms with E-state index < -0.39 is 4.92 Å². The Morgan fingerprint density at radius 3 is 2.64 bits per heavy atom. The molecule has 1 amide bonds. The summed E-state index contributed by atoms with van der Waals surface area (Å²) >= 11 is 0. The Hall–Kier alpha value is -2.66. The molecule has 0 unspecified atom stereocenters. The van der Waals surface area contributed by atoms with Crippen LogP contribution in [0.15, 0.2) is 18.2 Å². The maximum Gasteiger partial charge on any atom is 0.292 e. The van der Waals surface area contributed by atoms with Gasteiger partial charge in [-0.3, -0.25) is 19.8 Å². The fraction of sp³-hybridized carbons (Fsp3) is 0.429. The van der Waals surface area contributed by atoms with Gasteiger partial charge in [0.1, 0.15) is 5.69 Å². The van der Waals surface area contributed by atoms with Gasteiger partial charge in [0.25, 0.3) is 5.69 Å². The van der Waals surface area contributed by atoms with E-state index in [0.717, 1.165) is 0 Å². The van der Waals surface area contributed by atoms with Gasteiger partial charge >= 0.3 is 0 Å². The van der Waals surface area contributed by atoms with Gasteiger partial charge in [-0.05, 0) is 12.1 Å². The molecule has 0 bridgehead atoms. The topological polar surface area (TPSA) is 103 Å². The number of anilines is 1. The third-order valence-corrected chi connectivity index (χ3v) is 3.66. The molecular formula is C14H17N5O3. The number of hydrogen-bond acceptors (Lipinski definition) is 6. The van der Waals surface area contributed by atoms with Crippen molar-refractivity contribution in [3.8, 4) is 6.07 Å². The number of nitro groups is 1. The second-order valence-electron chi connectivity index (χ2n) is 5.01. The lowest BCUT2D eigenvalue weighted by Gasteiger charge is -2.35. The molecule has 22 heavy (non-hydrogen) atoms. The van der Waals surface area contributed by atoms with Gasteiger partial charge in [-0.1, -0.05) is 0 Å². The van der Waals surface area contributed by atoms with E-state index in [4.69, 9.17) is 5.26 Å². The summed E-state index contributed by atoms with van der Waals surface area (Å²) < 4.78 is 0. The SMILES string of the molecule is CNC(=O)CN1CCN(c2cc(C#N)ccc2[N+](=O)[O-])CC1. The molecule has 1 aliphatic heterocycles. The number of hydrogen-bond donors (Lipinski definition) is 1. The van der Waals surface area contributed by atoms with Gasteiger partial charge in [-0.2, -0.15) is 5.26 Å². The predicted octanol–water partition coefficient (Wildman–Crippen LogP) is 0.334. The van der Waals surface area contributed by atoms with Crippen LogP contribution in [0.3, 0.4) is 0 Å². The van der Waals surface area contributed by atoms with Gasteiger partial charge < -0.3 is 10.2 Å². The highest BCUT2D eigenvalue weighted by Gasteiger charge is 2.24. The highest BCUT2D eigenvalue weighted by molar-refractivity contribution is 5.77. The van der Waals surface area contributed by atoms with Gasteiger partial charge in [-0.25, -0.2) is 0 Å². The Morgan fingerprint density at radius 1 is 1.41 bits per heavy atom. The Kier molecular flexibility index (Phi) is 4.91. The minimum atomic E-state index is -0.437. The molecule has 1 saturated heterocycles. The van der Waals surface area contributed by atoms with Crippen molar-refractivity contribution in [3.05, 3.63) is 33.9 Å². The average Bonchev–Trinajstić information content (AvgIpc) is 2.54. The smallest absolute Gasteiger partial charge is 0.292 e.